The van der Waals surface area contributed by atoms with E-state index < -0.39 is 64.8 Å². The van der Waals surface area contributed by atoms with E-state index in [0.29, 0.717) is 30.8 Å². The van der Waals surface area contributed by atoms with Crippen LogP contribution in [0.3, 0.4) is 0 Å². The molecule has 2 aliphatic rings. The third-order valence-corrected chi connectivity index (χ3v) is 5.96. The van der Waals surface area contributed by atoms with E-state index in [2.05, 4.69) is 15.0 Å². The van der Waals surface area contributed by atoms with E-state index in [9.17, 15) is 23.6 Å². The molecule has 3 N–H and O–H groups in total. The van der Waals surface area contributed by atoms with Crippen molar-refractivity contribution < 1.29 is 36.9 Å². The molecule has 182 valence electrons. The smallest absolute Gasteiger partial charge is 0.337 e. The van der Waals surface area contributed by atoms with Crippen LogP contribution in [0.1, 0.15) is 43.1 Å². The Morgan fingerprint density at radius 3 is 2.64 bits per heavy atom. The number of aromatic nitrogens is 1. The summed E-state index contributed by atoms with van der Waals surface area (Å²) >= 11 is 5.21. The fourth-order valence-electron chi connectivity index (χ4n) is 3.49. The fraction of sp³-hybridized carbons (Fsp3) is 0.632. The van der Waals surface area contributed by atoms with Crippen LogP contribution >= 0.6 is 11.6 Å². The van der Waals surface area contributed by atoms with Gasteiger partial charge in [0.2, 0.25) is 11.8 Å². The number of hydrogen-bond acceptors (Lipinski definition) is 6. The summed E-state index contributed by atoms with van der Waals surface area (Å²) in [6.45, 7) is 1.56. The molecule has 1 aliphatic heterocycles. The van der Waals surface area contributed by atoms with Crippen molar-refractivity contribution in [2.75, 3.05) is 13.1 Å². The topological polar surface area (TPSA) is 134 Å². The van der Waals surface area contributed by atoms with E-state index >= 15 is 8.78 Å². The second-order valence-corrected chi connectivity index (χ2v) is 8.91. The van der Waals surface area contributed by atoms with Gasteiger partial charge in [0.15, 0.2) is 5.69 Å². The Kier molecular flexibility index (Phi) is 7.20. The molecule has 14 heteroatoms. The van der Waals surface area contributed by atoms with Gasteiger partial charge in [0, 0.05) is 12.6 Å². The van der Waals surface area contributed by atoms with E-state index in [4.69, 9.17) is 11.6 Å². The molecule has 2 heterocycles. The molecule has 0 bridgehead atoms. The second-order valence-electron chi connectivity index (χ2n) is 8.53. The Hall–Kier alpha value is -2.83. The maximum atomic E-state index is 15.1. The number of alkyl halides is 4. The standard InChI is InChI=1S/C19H23ClF3N5O5/c1-18(4-5-18)8-11(19(22,23)25-16(31)12-3-7-33-27-12)15(30)26-28(17(32)13(20)21)9-10-2-6-24-14(10)29/h3,7,10-11,13H,2,4-6,8-9H2,1H3,(H,24,29)(H,25,31)(H,26,30)/t10-,11-,13-/m0/s1. The first-order valence-corrected chi connectivity index (χ1v) is 10.6. The molecule has 0 radical (unpaired) electrons. The summed E-state index contributed by atoms with van der Waals surface area (Å²) in [6.07, 6.45) is 2.16. The molecule has 2 fully saturated rings. The highest BCUT2D eigenvalue weighted by atomic mass is 35.5. The summed E-state index contributed by atoms with van der Waals surface area (Å²) in [7, 11) is 0. The Morgan fingerprint density at radius 1 is 1.42 bits per heavy atom. The van der Waals surface area contributed by atoms with E-state index in [-0.39, 0.29) is 6.42 Å². The lowest BCUT2D eigenvalue weighted by Crippen LogP contribution is -2.58. The van der Waals surface area contributed by atoms with Crippen LogP contribution in [0.2, 0.25) is 0 Å². The number of hydrazine groups is 1. The highest BCUT2D eigenvalue weighted by Crippen LogP contribution is 2.51. The predicted octanol–water partition coefficient (Wildman–Crippen LogP) is 1.33. The van der Waals surface area contributed by atoms with Crippen LogP contribution in [0.4, 0.5) is 13.2 Å². The Balaban J connectivity index is 1.79. The highest BCUT2D eigenvalue weighted by Gasteiger charge is 2.52. The first-order valence-electron chi connectivity index (χ1n) is 10.2. The van der Waals surface area contributed by atoms with Crippen LogP contribution in [-0.2, 0) is 14.4 Å². The van der Waals surface area contributed by atoms with Crippen molar-refractivity contribution in [3.05, 3.63) is 18.0 Å². The second kappa shape index (κ2) is 9.57. The van der Waals surface area contributed by atoms with Gasteiger partial charge in [-0.3, -0.25) is 29.9 Å². The van der Waals surface area contributed by atoms with Crippen molar-refractivity contribution in [3.8, 4) is 0 Å². The minimum Gasteiger partial charge on any atom is -0.364 e. The molecule has 1 aromatic heterocycles. The minimum absolute atomic E-state index is 0.295. The maximum Gasteiger partial charge on any atom is 0.337 e. The van der Waals surface area contributed by atoms with Gasteiger partial charge in [-0.05, 0) is 31.1 Å². The van der Waals surface area contributed by atoms with Gasteiger partial charge in [0.25, 0.3) is 17.4 Å². The van der Waals surface area contributed by atoms with Gasteiger partial charge >= 0.3 is 6.05 Å². The average molecular weight is 494 g/mol. The van der Waals surface area contributed by atoms with Gasteiger partial charge in [-0.25, -0.2) is 9.40 Å². The lowest BCUT2D eigenvalue weighted by atomic mass is 9.90. The van der Waals surface area contributed by atoms with Crippen molar-refractivity contribution >= 4 is 35.2 Å². The molecule has 33 heavy (non-hydrogen) atoms. The summed E-state index contributed by atoms with van der Waals surface area (Å²) < 4.78 is 48.2. The third-order valence-electron chi connectivity index (χ3n) is 5.77. The molecule has 1 saturated heterocycles. The zero-order chi connectivity index (χ0) is 24.4. The summed E-state index contributed by atoms with van der Waals surface area (Å²) in [6, 6.07) is -2.99. The average Bonchev–Trinajstić information content (AvgIpc) is 3.11. The largest absolute Gasteiger partial charge is 0.364 e. The summed E-state index contributed by atoms with van der Waals surface area (Å²) in [5.41, 5.74) is -1.57. The van der Waals surface area contributed by atoms with Gasteiger partial charge in [-0.2, -0.15) is 8.78 Å². The molecule has 0 aromatic carbocycles. The molecule has 3 rings (SSSR count). The molecule has 4 amide bonds. The molecule has 0 spiro atoms. The SMILES string of the molecule is CC1(C[C@@H](C(=O)NN(C[C@@H]2CCNC2=O)C(=O)[C@H](F)Cl)C(F)(F)NC(=O)c2ccon2)CC1. The third kappa shape index (κ3) is 6.15. The van der Waals surface area contributed by atoms with Crippen LogP contribution in [-0.4, -0.2) is 58.6 Å². The zero-order valence-corrected chi connectivity index (χ0v) is 18.3. The highest BCUT2D eigenvalue weighted by molar-refractivity contribution is 6.29. The maximum absolute atomic E-state index is 15.1. The van der Waals surface area contributed by atoms with Crippen molar-refractivity contribution in [3.63, 3.8) is 0 Å². The Bertz CT molecular complexity index is 910. The van der Waals surface area contributed by atoms with E-state index in [1.807, 2.05) is 5.43 Å². The van der Waals surface area contributed by atoms with Gasteiger partial charge in [0.1, 0.15) is 12.2 Å². The van der Waals surface area contributed by atoms with Crippen LogP contribution in [0, 0.1) is 17.3 Å². The predicted molar refractivity (Wildman–Crippen MR) is 106 cm³/mol. The quantitative estimate of drug-likeness (QED) is 0.270. The van der Waals surface area contributed by atoms with Crippen molar-refractivity contribution in [1.82, 2.24) is 26.2 Å². The number of hydrogen-bond donors (Lipinski definition) is 3. The zero-order valence-electron chi connectivity index (χ0n) is 17.6. The lowest BCUT2D eigenvalue weighted by molar-refractivity contribution is -0.157. The molecule has 10 nitrogen and oxygen atoms in total. The van der Waals surface area contributed by atoms with Crippen molar-refractivity contribution in [2.24, 2.45) is 17.3 Å². The monoisotopic (exact) mass is 493 g/mol. The lowest BCUT2D eigenvalue weighted by Gasteiger charge is -2.32. The van der Waals surface area contributed by atoms with E-state index in [0.717, 1.165) is 12.3 Å². The number of rotatable bonds is 9. The van der Waals surface area contributed by atoms with Crippen LogP contribution < -0.4 is 16.1 Å². The summed E-state index contributed by atoms with van der Waals surface area (Å²) in [5, 5.41) is 7.71. The molecule has 1 saturated carbocycles. The molecular formula is C19H23ClF3N5O5. The first kappa shape index (κ1) is 24.8. The van der Waals surface area contributed by atoms with Crippen molar-refractivity contribution in [1.29, 1.82) is 0 Å². The fourth-order valence-corrected chi connectivity index (χ4v) is 3.60. The van der Waals surface area contributed by atoms with Gasteiger partial charge in [-0.1, -0.05) is 23.7 Å². The van der Waals surface area contributed by atoms with E-state index in [1.54, 1.807) is 6.92 Å². The first-order chi connectivity index (χ1) is 15.4. The number of carbonyl (C=O) groups excluding carboxylic acids is 4. The molecule has 0 unspecified atom stereocenters. The van der Waals surface area contributed by atoms with Crippen LogP contribution in [0.15, 0.2) is 16.9 Å². The molecular weight excluding hydrogens is 471 g/mol. The number of amides is 4. The van der Waals surface area contributed by atoms with Crippen LogP contribution in [0.25, 0.3) is 0 Å². The van der Waals surface area contributed by atoms with Gasteiger partial charge < -0.3 is 9.84 Å². The Labute approximate surface area is 191 Å². The summed E-state index contributed by atoms with van der Waals surface area (Å²) in [4.78, 5) is 49.0. The Morgan fingerprint density at radius 2 is 2.12 bits per heavy atom. The van der Waals surface area contributed by atoms with Gasteiger partial charge in [0.05, 0.1) is 12.5 Å². The minimum atomic E-state index is -4.05. The number of nitrogens with one attached hydrogen (secondary N) is 3. The molecule has 3 atom stereocenters. The molecule has 1 aliphatic carbocycles. The van der Waals surface area contributed by atoms with Gasteiger partial charge in [-0.15, -0.1) is 0 Å². The summed E-state index contributed by atoms with van der Waals surface area (Å²) in [5.74, 6) is -7.33. The van der Waals surface area contributed by atoms with Crippen LogP contribution in [0.5, 0.6) is 0 Å². The van der Waals surface area contributed by atoms with E-state index in [1.165, 1.54) is 5.32 Å². The normalized spacial score (nSPS) is 21.0. The number of halogens is 4. The number of nitrogens with zero attached hydrogens (tertiary/aromatic N) is 2. The van der Waals surface area contributed by atoms with Crippen molar-refractivity contribution in [2.45, 2.75) is 44.3 Å². The molecule has 1 aromatic rings. The number of carbonyl (C=O) groups is 4.